The number of ether oxygens (including phenoxy) is 2. The molecule has 0 aliphatic rings. The zero-order valence-corrected chi connectivity index (χ0v) is 14.8. The van der Waals surface area contributed by atoms with E-state index in [9.17, 15) is 10.2 Å². The topological polar surface area (TPSA) is 84.9 Å². The first-order chi connectivity index (χ1) is 12.7. The fourth-order valence-electron chi connectivity index (χ4n) is 2.56. The molecule has 0 bridgehead atoms. The highest BCUT2D eigenvalue weighted by Crippen LogP contribution is 2.16. The Hall–Kier alpha value is -2.34. The molecule has 0 fully saturated rings. The summed E-state index contributed by atoms with van der Waals surface area (Å²) in [6.45, 7) is 0.721. The third-order valence-electron chi connectivity index (χ3n) is 3.77. The second kappa shape index (κ2) is 11.3. The van der Waals surface area contributed by atoms with Crippen molar-refractivity contribution in [3.63, 3.8) is 0 Å². The molecular weight excluding hydrogens is 330 g/mol. The SMILES string of the molecule is NCC=C(CC(O)COc1ccccc1)CC(O)COc1ccccc1. The van der Waals surface area contributed by atoms with Crippen LogP contribution < -0.4 is 15.2 Å². The molecule has 2 aromatic rings. The first-order valence-corrected chi connectivity index (χ1v) is 8.77. The fraction of sp³-hybridized carbons (Fsp3) is 0.333. The van der Waals surface area contributed by atoms with Gasteiger partial charge in [0.05, 0.1) is 12.2 Å². The molecule has 2 unspecified atom stereocenters. The maximum absolute atomic E-state index is 10.2. The third-order valence-corrected chi connectivity index (χ3v) is 3.77. The lowest BCUT2D eigenvalue weighted by atomic mass is 10.0. The zero-order chi connectivity index (χ0) is 18.6. The summed E-state index contributed by atoms with van der Waals surface area (Å²) in [5.74, 6) is 1.43. The minimum Gasteiger partial charge on any atom is -0.491 e. The Morgan fingerprint density at radius 3 is 1.62 bits per heavy atom. The normalized spacial score (nSPS) is 12.9. The number of benzene rings is 2. The van der Waals surface area contributed by atoms with Crippen molar-refractivity contribution in [3.8, 4) is 11.5 Å². The van der Waals surface area contributed by atoms with Crippen molar-refractivity contribution in [2.24, 2.45) is 5.73 Å². The van der Waals surface area contributed by atoms with Gasteiger partial charge in [-0.3, -0.25) is 0 Å². The largest absolute Gasteiger partial charge is 0.491 e. The van der Waals surface area contributed by atoms with Crippen LogP contribution in [0.1, 0.15) is 12.8 Å². The van der Waals surface area contributed by atoms with Crippen LogP contribution in [-0.2, 0) is 0 Å². The molecule has 0 radical (unpaired) electrons. The molecule has 2 rings (SSSR count). The van der Waals surface area contributed by atoms with E-state index < -0.39 is 12.2 Å². The summed E-state index contributed by atoms with van der Waals surface area (Å²) in [5.41, 5.74) is 6.50. The molecule has 0 saturated heterocycles. The van der Waals surface area contributed by atoms with Gasteiger partial charge in [0.1, 0.15) is 24.7 Å². The van der Waals surface area contributed by atoms with Crippen molar-refractivity contribution in [3.05, 3.63) is 72.3 Å². The molecule has 0 aliphatic carbocycles. The van der Waals surface area contributed by atoms with E-state index in [-0.39, 0.29) is 13.2 Å². The molecule has 2 atom stereocenters. The van der Waals surface area contributed by atoms with Crippen LogP contribution in [-0.4, -0.2) is 42.2 Å². The second-order valence-corrected chi connectivity index (χ2v) is 6.06. The van der Waals surface area contributed by atoms with E-state index in [0.717, 1.165) is 5.57 Å². The van der Waals surface area contributed by atoms with Crippen molar-refractivity contribution < 1.29 is 19.7 Å². The van der Waals surface area contributed by atoms with Gasteiger partial charge in [0.15, 0.2) is 0 Å². The van der Waals surface area contributed by atoms with Gasteiger partial charge in [-0.15, -0.1) is 0 Å². The van der Waals surface area contributed by atoms with E-state index in [1.807, 2.05) is 66.7 Å². The number of para-hydroxylation sites is 2. The summed E-state index contributed by atoms with van der Waals surface area (Å²) in [5, 5.41) is 20.4. The van der Waals surface area contributed by atoms with Crippen LogP contribution in [0.4, 0.5) is 0 Å². The number of aliphatic hydroxyl groups excluding tert-OH is 2. The van der Waals surface area contributed by atoms with Crippen molar-refractivity contribution >= 4 is 0 Å². The molecule has 0 amide bonds. The highest BCUT2D eigenvalue weighted by molar-refractivity contribution is 5.21. The van der Waals surface area contributed by atoms with Crippen molar-refractivity contribution in [1.82, 2.24) is 0 Å². The van der Waals surface area contributed by atoms with Gasteiger partial charge in [0.2, 0.25) is 0 Å². The van der Waals surface area contributed by atoms with Crippen LogP contribution in [0.25, 0.3) is 0 Å². The maximum Gasteiger partial charge on any atom is 0.119 e. The molecule has 0 aromatic heterocycles. The first-order valence-electron chi connectivity index (χ1n) is 8.77. The highest BCUT2D eigenvalue weighted by atomic mass is 16.5. The van der Waals surface area contributed by atoms with Gasteiger partial charge in [0.25, 0.3) is 0 Å². The Balaban J connectivity index is 1.77. The quantitative estimate of drug-likeness (QED) is 0.538. The summed E-state index contributed by atoms with van der Waals surface area (Å²) in [6, 6.07) is 18.7. The second-order valence-electron chi connectivity index (χ2n) is 6.06. The number of hydrogen-bond acceptors (Lipinski definition) is 5. The van der Waals surface area contributed by atoms with Crippen LogP contribution in [0.15, 0.2) is 72.3 Å². The van der Waals surface area contributed by atoms with Gasteiger partial charge in [-0.2, -0.15) is 0 Å². The van der Waals surface area contributed by atoms with Crippen molar-refractivity contribution in [1.29, 1.82) is 0 Å². The number of hydrogen-bond donors (Lipinski definition) is 3. The Morgan fingerprint density at radius 2 is 1.23 bits per heavy atom. The molecule has 0 saturated carbocycles. The number of nitrogens with two attached hydrogens (primary N) is 1. The molecule has 26 heavy (non-hydrogen) atoms. The van der Waals surface area contributed by atoms with Gasteiger partial charge in [-0.05, 0) is 37.1 Å². The van der Waals surface area contributed by atoms with Gasteiger partial charge in [0, 0.05) is 6.54 Å². The lowest BCUT2D eigenvalue weighted by molar-refractivity contribution is 0.0924. The first kappa shape index (κ1) is 20.0. The standard InChI is InChI=1S/C21H27NO4/c22-12-11-17(13-18(23)15-25-20-7-3-1-4-8-20)14-19(24)16-26-21-9-5-2-6-10-21/h1-11,18-19,23-24H,12-16,22H2. The Kier molecular flexibility index (Phi) is 8.69. The van der Waals surface area contributed by atoms with Crippen LogP contribution in [0.5, 0.6) is 11.5 Å². The van der Waals surface area contributed by atoms with Gasteiger partial charge < -0.3 is 25.4 Å². The summed E-state index contributed by atoms with van der Waals surface area (Å²) in [7, 11) is 0. The van der Waals surface area contributed by atoms with E-state index in [2.05, 4.69) is 0 Å². The van der Waals surface area contributed by atoms with Gasteiger partial charge in [-0.1, -0.05) is 48.0 Å². The summed E-state index contributed by atoms with van der Waals surface area (Å²) in [4.78, 5) is 0. The summed E-state index contributed by atoms with van der Waals surface area (Å²) in [6.07, 6.45) is 1.28. The Morgan fingerprint density at radius 1 is 0.808 bits per heavy atom. The summed E-state index contributed by atoms with van der Waals surface area (Å²) < 4.78 is 11.1. The number of aliphatic hydroxyl groups is 2. The van der Waals surface area contributed by atoms with E-state index in [1.54, 1.807) is 0 Å². The lowest BCUT2D eigenvalue weighted by Gasteiger charge is -2.18. The minimum atomic E-state index is -0.671. The monoisotopic (exact) mass is 357 g/mol. The molecule has 140 valence electrons. The minimum absolute atomic E-state index is 0.183. The van der Waals surface area contributed by atoms with E-state index >= 15 is 0 Å². The third kappa shape index (κ3) is 7.70. The molecule has 2 aromatic carbocycles. The van der Waals surface area contributed by atoms with Gasteiger partial charge >= 0.3 is 0 Å². The average Bonchev–Trinajstić information content (AvgIpc) is 2.66. The highest BCUT2D eigenvalue weighted by Gasteiger charge is 2.13. The predicted molar refractivity (Wildman–Crippen MR) is 102 cm³/mol. The Labute approximate surface area is 154 Å². The average molecular weight is 357 g/mol. The van der Waals surface area contributed by atoms with Crippen LogP contribution in [0, 0.1) is 0 Å². The van der Waals surface area contributed by atoms with E-state index in [4.69, 9.17) is 15.2 Å². The van der Waals surface area contributed by atoms with E-state index in [1.165, 1.54) is 0 Å². The maximum atomic E-state index is 10.2. The van der Waals surface area contributed by atoms with E-state index in [0.29, 0.717) is 30.9 Å². The number of rotatable bonds is 11. The molecule has 0 aliphatic heterocycles. The van der Waals surface area contributed by atoms with Crippen molar-refractivity contribution in [2.75, 3.05) is 19.8 Å². The molecule has 5 nitrogen and oxygen atoms in total. The Bertz CT molecular complexity index is 592. The van der Waals surface area contributed by atoms with Crippen LogP contribution in [0.2, 0.25) is 0 Å². The van der Waals surface area contributed by atoms with Crippen LogP contribution >= 0.6 is 0 Å². The smallest absolute Gasteiger partial charge is 0.119 e. The molecule has 0 spiro atoms. The fourth-order valence-corrected chi connectivity index (χ4v) is 2.56. The molecular formula is C21H27NO4. The molecule has 5 heteroatoms. The lowest BCUT2D eigenvalue weighted by Crippen LogP contribution is -2.22. The van der Waals surface area contributed by atoms with Gasteiger partial charge in [-0.25, -0.2) is 0 Å². The molecule has 0 heterocycles. The van der Waals surface area contributed by atoms with Crippen molar-refractivity contribution in [2.45, 2.75) is 25.0 Å². The van der Waals surface area contributed by atoms with Crippen LogP contribution in [0.3, 0.4) is 0 Å². The predicted octanol–water partition coefficient (Wildman–Crippen LogP) is 2.53. The summed E-state index contributed by atoms with van der Waals surface area (Å²) >= 11 is 0. The zero-order valence-electron chi connectivity index (χ0n) is 14.8. The molecule has 4 N–H and O–H groups in total.